The zero-order chi connectivity index (χ0) is 17.3. The summed E-state index contributed by atoms with van der Waals surface area (Å²) in [4.78, 5) is 18.2. The van der Waals surface area contributed by atoms with Crippen LogP contribution >= 0.6 is 0 Å². The molecule has 7 nitrogen and oxygen atoms in total. The molecule has 1 aromatic carbocycles. The molecule has 7 heteroatoms. The number of carbonyl (C=O) groups is 2. The van der Waals surface area contributed by atoms with Crippen molar-refractivity contribution in [3.63, 3.8) is 0 Å². The maximum absolute atomic E-state index is 9.10. The molecular weight excluding hydrogens is 302 g/mol. The Hall–Kier alpha value is -2.12. The average molecular weight is 327 g/mol. The molecule has 0 atom stereocenters. The third-order valence-corrected chi connectivity index (χ3v) is 2.55. The van der Waals surface area contributed by atoms with Gasteiger partial charge in [0, 0.05) is 6.54 Å². The Morgan fingerprint density at radius 3 is 2.22 bits per heavy atom. The van der Waals surface area contributed by atoms with Crippen LogP contribution in [0.2, 0.25) is 0 Å². The Kier molecular flexibility index (Phi) is 13.4. The quantitative estimate of drug-likeness (QED) is 0.443. The van der Waals surface area contributed by atoms with Gasteiger partial charge in [0.25, 0.3) is 0 Å². The van der Waals surface area contributed by atoms with Crippen molar-refractivity contribution in [2.45, 2.75) is 19.8 Å². The predicted octanol–water partition coefficient (Wildman–Crippen LogP) is 1.63. The molecule has 0 aliphatic heterocycles. The second-order valence-electron chi connectivity index (χ2n) is 4.49. The minimum atomic E-state index is -1.82. The van der Waals surface area contributed by atoms with E-state index in [0.717, 1.165) is 25.4 Å². The molecule has 0 aromatic heterocycles. The molecule has 0 saturated carbocycles. The van der Waals surface area contributed by atoms with Crippen molar-refractivity contribution < 1.29 is 29.3 Å². The van der Waals surface area contributed by atoms with Crippen LogP contribution in [0.5, 0.6) is 5.75 Å². The highest BCUT2D eigenvalue weighted by atomic mass is 16.5. The lowest BCUT2D eigenvalue weighted by Gasteiger charge is -2.07. The summed E-state index contributed by atoms with van der Waals surface area (Å²) in [5, 5.41) is 18.1. The maximum atomic E-state index is 9.10. The minimum absolute atomic E-state index is 0.610. The number of hydrogen-bond donors (Lipinski definition) is 3. The van der Waals surface area contributed by atoms with Gasteiger partial charge in [-0.1, -0.05) is 31.5 Å². The van der Waals surface area contributed by atoms with E-state index in [1.165, 1.54) is 12.8 Å². The Balaban J connectivity index is 0.000000688. The summed E-state index contributed by atoms with van der Waals surface area (Å²) in [6.45, 7) is 6.20. The van der Waals surface area contributed by atoms with E-state index in [1.54, 1.807) is 0 Å². The van der Waals surface area contributed by atoms with E-state index in [0.29, 0.717) is 13.2 Å². The van der Waals surface area contributed by atoms with Crippen LogP contribution in [0.3, 0.4) is 0 Å². The van der Waals surface area contributed by atoms with Crippen LogP contribution in [-0.2, 0) is 14.3 Å². The highest BCUT2D eigenvalue weighted by Crippen LogP contribution is 2.07. The lowest BCUT2D eigenvalue weighted by molar-refractivity contribution is -0.159. The van der Waals surface area contributed by atoms with Gasteiger partial charge in [0.15, 0.2) is 0 Å². The van der Waals surface area contributed by atoms with Crippen LogP contribution < -0.4 is 10.1 Å². The Labute approximate surface area is 136 Å². The number of benzene rings is 1. The van der Waals surface area contributed by atoms with Gasteiger partial charge in [-0.2, -0.15) is 0 Å². The molecule has 0 fully saturated rings. The molecular formula is C16H25NO6. The highest BCUT2D eigenvalue weighted by molar-refractivity contribution is 6.27. The smallest absolute Gasteiger partial charge is 0.414 e. The molecule has 1 rings (SSSR count). The number of carboxylic acids is 2. The van der Waals surface area contributed by atoms with E-state index in [1.807, 2.05) is 30.3 Å². The van der Waals surface area contributed by atoms with E-state index in [4.69, 9.17) is 29.3 Å². The topological polar surface area (TPSA) is 105 Å². The monoisotopic (exact) mass is 327 g/mol. The predicted molar refractivity (Wildman–Crippen MR) is 85.8 cm³/mol. The van der Waals surface area contributed by atoms with E-state index in [-0.39, 0.29) is 0 Å². The molecule has 0 amide bonds. The SMILES string of the molecule is CCCCNCCOCCOc1ccccc1.O=C(O)C(=O)O. The number of hydrogen-bond acceptors (Lipinski definition) is 5. The number of para-hydroxylation sites is 1. The fourth-order valence-electron chi connectivity index (χ4n) is 1.41. The summed E-state index contributed by atoms with van der Waals surface area (Å²) < 4.78 is 11.0. The molecule has 1 aromatic rings. The Morgan fingerprint density at radius 2 is 1.65 bits per heavy atom. The molecule has 23 heavy (non-hydrogen) atoms. The zero-order valence-corrected chi connectivity index (χ0v) is 13.4. The number of unbranched alkanes of at least 4 members (excludes halogenated alkanes) is 1. The highest BCUT2D eigenvalue weighted by Gasteiger charge is 2.04. The van der Waals surface area contributed by atoms with Crippen LogP contribution in [0.25, 0.3) is 0 Å². The molecule has 0 aliphatic rings. The van der Waals surface area contributed by atoms with Gasteiger partial charge in [0.2, 0.25) is 0 Å². The number of aliphatic carboxylic acids is 2. The lowest BCUT2D eigenvalue weighted by Crippen LogP contribution is -2.21. The average Bonchev–Trinajstić information content (AvgIpc) is 2.55. The van der Waals surface area contributed by atoms with Crippen LogP contribution in [0, 0.1) is 0 Å². The third kappa shape index (κ3) is 14.6. The maximum Gasteiger partial charge on any atom is 0.414 e. The summed E-state index contributed by atoms with van der Waals surface area (Å²) in [5.41, 5.74) is 0. The molecule has 0 unspecified atom stereocenters. The van der Waals surface area contributed by atoms with Gasteiger partial charge >= 0.3 is 11.9 Å². The van der Waals surface area contributed by atoms with Gasteiger partial charge in [0.05, 0.1) is 13.2 Å². The lowest BCUT2D eigenvalue weighted by atomic mass is 10.3. The second-order valence-corrected chi connectivity index (χ2v) is 4.49. The fraction of sp³-hybridized carbons (Fsp3) is 0.500. The fourth-order valence-corrected chi connectivity index (χ4v) is 1.41. The normalized spacial score (nSPS) is 9.61. The van der Waals surface area contributed by atoms with Gasteiger partial charge < -0.3 is 25.0 Å². The first-order valence-electron chi connectivity index (χ1n) is 7.50. The standard InChI is InChI=1S/C14H23NO2.C2H2O4/c1-2-3-9-15-10-11-16-12-13-17-14-7-5-4-6-8-14;3-1(4)2(5)6/h4-8,15H,2-3,9-13H2,1H3;(H,3,4)(H,5,6). The zero-order valence-electron chi connectivity index (χ0n) is 13.4. The van der Waals surface area contributed by atoms with Gasteiger partial charge in [-0.25, -0.2) is 9.59 Å². The summed E-state index contributed by atoms with van der Waals surface area (Å²) in [6.07, 6.45) is 2.47. The Bertz CT molecular complexity index is 412. The van der Waals surface area contributed by atoms with Gasteiger partial charge in [-0.3, -0.25) is 0 Å². The van der Waals surface area contributed by atoms with Gasteiger partial charge in [0.1, 0.15) is 12.4 Å². The number of carboxylic acid groups (broad SMARTS) is 2. The molecule has 0 spiro atoms. The molecule has 0 radical (unpaired) electrons. The van der Waals surface area contributed by atoms with E-state index < -0.39 is 11.9 Å². The second kappa shape index (κ2) is 14.8. The first-order chi connectivity index (χ1) is 11.1. The third-order valence-electron chi connectivity index (χ3n) is 2.55. The van der Waals surface area contributed by atoms with Crippen LogP contribution in [-0.4, -0.2) is 55.1 Å². The largest absolute Gasteiger partial charge is 0.491 e. The van der Waals surface area contributed by atoms with Crippen molar-refractivity contribution in [1.29, 1.82) is 0 Å². The summed E-state index contributed by atoms with van der Waals surface area (Å²) in [7, 11) is 0. The number of ether oxygens (including phenoxy) is 2. The Morgan fingerprint density at radius 1 is 1.00 bits per heavy atom. The van der Waals surface area contributed by atoms with Gasteiger partial charge in [-0.15, -0.1) is 0 Å². The van der Waals surface area contributed by atoms with Crippen molar-refractivity contribution in [2.75, 3.05) is 32.9 Å². The van der Waals surface area contributed by atoms with Crippen LogP contribution in [0.15, 0.2) is 30.3 Å². The van der Waals surface area contributed by atoms with Crippen LogP contribution in [0.4, 0.5) is 0 Å². The van der Waals surface area contributed by atoms with E-state index in [2.05, 4.69) is 12.2 Å². The van der Waals surface area contributed by atoms with Crippen molar-refractivity contribution in [2.24, 2.45) is 0 Å². The summed E-state index contributed by atoms with van der Waals surface area (Å²) in [5.74, 6) is -2.75. The number of nitrogens with one attached hydrogen (secondary N) is 1. The van der Waals surface area contributed by atoms with Crippen molar-refractivity contribution in [3.05, 3.63) is 30.3 Å². The van der Waals surface area contributed by atoms with E-state index in [9.17, 15) is 0 Å². The molecule has 0 heterocycles. The first-order valence-corrected chi connectivity index (χ1v) is 7.50. The van der Waals surface area contributed by atoms with E-state index >= 15 is 0 Å². The molecule has 0 aliphatic carbocycles. The summed E-state index contributed by atoms with van der Waals surface area (Å²) in [6, 6.07) is 9.81. The van der Waals surface area contributed by atoms with Crippen molar-refractivity contribution in [3.8, 4) is 5.75 Å². The molecule has 130 valence electrons. The summed E-state index contributed by atoms with van der Waals surface area (Å²) >= 11 is 0. The molecule has 0 bridgehead atoms. The first kappa shape index (κ1) is 20.9. The number of rotatable bonds is 10. The van der Waals surface area contributed by atoms with Gasteiger partial charge in [-0.05, 0) is 25.1 Å². The van der Waals surface area contributed by atoms with Crippen LogP contribution in [0.1, 0.15) is 19.8 Å². The van der Waals surface area contributed by atoms with Crippen molar-refractivity contribution in [1.82, 2.24) is 5.32 Å². The molecule has 0 saturated heterocycles. The van der Waals surface area contributed by atoms with Crippen molar-refractivity contribution >= 4 is 11.9 Å². The minimum Gasteiger partial charge on any atom is -0.491 e. The molecule has 3 N–H and O–H groups in total.